The number of ether oxygens (including phenoxy) is 1. The van der Waals surface area contributed by atoms with Crippen LogP contribution in [0.25, 0.3) is 0 Å². The monoisotopic (exact) mass is 378 g/mol. The lowest BCUT2D eigenvalue weighted by atomic mass is 10.2. The number of anilines is 2. The Labute approximate surface area is 162 Å². The second-order valence-electron chi connectivity index (χ2n) is 6.01. The minimum atomic E-state index is 0.155. The molecule has 2 heterocycles. The van der Waals surface area contributed by atoms with Crippen molar-refractivity contribution in [2.75, 3.05) is 11.5 Å². The molecule has 28 heavy (non-hydrogen) atoms. The number of pyridine rings is 2. The molecule has 144 valence electrons. The molecule has 3 aromatic rings. The third kappa shape index (κ3) is 5.08. The first kappa shape index (κ1) is 18.9. The van der Waals surface area contributed by atoms with Gasteiger partial charge in [0.2, 0.25) is 0 Å². The standard InChI is InChI=1S/C19H22N8O/c20-17-9-8-16(18(21)25-17)19(22)26-27(23)11-13-4-6-15(7-5-13)28-12-14-3-1-2-10-24-14/h1-10H,11-12,23H2,(H2,22,26)(H4,20,21,25). The van der Waals surface area contributed by atoms with Crippen LogP contribution in [0.4, 0.5) is 11.6 Å². The molecule has 0 spiro atoms. The quantitative estimate of drug-likeness (QED) is 0.207. The molecule has 0 aliphatic carbocycles. The summed E-state index contributed by atoms with van der Waals surface area (Å²) in [5.74, 6) is 7.34. The van der Waals surface area contributed by atoms with Crippen LogP contribution in [-0.4, -0.2) is 20.9 Å². The summed E-state index contributed by atoms with van der Waals surface area (Å²) in [4.78, 5) is 8.17. The van der Waals surface area contributed by atoms with Crippen LogP contribution in [-0.2, 0) is 13.2 Å². The molecule has 0 saturated carbocycles. The lowest BCUT2D eigenvalue weighted by molar-refractivity contribution is 0.288. The largest absolute Gasteiger partial charge is 0.487 e. The minimum Gasteiger partial charge on any atom is -0.487 e. The number of rotatable bonds is 7. The van der Waals surface area contributed by atoms with Crippen LogP contribution < -0.4 is 27.8 Å². The highest BCUT2D eigenvalue weighted by atomic mass is 16.5. The summed E-state index contributed by atoms with van der Waals surface area (Å²) in [6.45, 7) is 0.755. The van der Waals surface area contributed by atoms with Gasteiger partial charge in [0, 0.05) is 6.20 Å². The Kier molecular flexibility index (Phi) is 5.87. The highest BCUT2D eigenvalue weighted by Crippen LogP contribution is 2.15. The molecule has 0 aliphatic heterocycles. The highest BCUT2D eigenvalue weighted by molar-refractivity contribution is 6.01. The van der Waals surface area contributed by atoms with E-state index in [9.17, 15) is 0 Å². The third-order valence-corrected chi connectivity index (χ3v) is 3.84. The van der Waals surface area contributed by atoms with Crippen molar-refractivity contribution in [2.24, 2.45) is 16.7 Å². The number of nitrogens with zero attached hydrogens (tertiary/aromatic N) is 4. The third-order valence-electron chi connectivity index (χ3n) is 3.84. The van der Waals surface area contributed by atoms with Crippen LogP contribution in [0.1, 0.15) is 16.8 Å². The Hall–Kier alpha value is -3.85. The molecule has 8 N–H and O–H groups in total. The number of hydrogen-bond donors (Lipinski definition) is 4. The zero-order valence-corrected chi connectivity index (χ0v) is 15.2. The second kappa shape index (κ2) is 8.69. The Bertz CT molecular complexity index is 944. The van der Waals surface area contributed by atoms with Crippen LogP contribution in [0.15, 0.2) is 65.9 Å². The Morgan fingerprint density at radius 2 is 1.82 bits per heavy atom. The van der Waals surface area contributed by atoms with Crippen LogP contribution in [0.2, 0.25) is 0 Å². The van der Waals surface area contributed by atoms with Crippen molar-refractivity contribution in [3.05, 3.63) is 77.6 Å². The topological polar surface area (TPSA) is 155 Å². The number of nitrogens with two attached hydrogens (primary N) is 4. The fourth-order valence-electron chi connectivity index (χ4n) is 2.45. The molecule has 0 saturated heterocycles. The summed E-state index contributed by atoms with van der Waals surface area (Å²) in [5.41, 5.74) is 19.6. The average molecular weight is 378 g/mol. The van der Waals surface area contributed by atoms with Gasteiger partial charge in [0.1, 0.15) is 24.0 Å². The number of hydrogen-bond acceptors (Lipinski definition) is 8. The van der Waals surface area contributed by atoms with Gasteiger partial charge >= 0.3 is 0 Å². The van der Waals surface area contributed by atoms with E-state index < -0.39 is 0 Å². The molecule has 0 radical (unpaired) electrons. The van der Waals surface area contributed by atoms with E-state index in [1.165, 1.54) is 5.12 Å². The van der Waals surface area contributed by atoms with Gasteiger partial charge in [-0.15, -0.1) is 5.10 Å². The van der Waals surface area contributed by atoms with Gasteiger partial charge in [0.05, 0.1) is 17.8 Å². The molecule has 3 rings (SSSR count). The summed E-state index contributed by atoms with van der Waals surface area (Å²) >= 11 is 0. The maximum atomic E-state index is 5.96. The van der Waals surface area contributed by atoms with Crippen molar-refractivity contribution in [1.82, 2.24) is 15.1 Å². The van der Waals surface area contributed by atoms with E-state index in [2.05, 4.69) is 15.1 Å². The lowest BCUT2D eigenvalue weighted by Crippen LogP contribution is -2.29. The fourth-order valence-corrected chi connectivity index (χ4v) is 2.45. The summed E-state index contributed by atoms with van der Waals surface area (Å²) in [6.07, 6.45) is 1.73. The van der Waals surface area contributed by atoms with E-state index in [4.69, 9.17) is 27.8 Å². The van der Waals surface area contributed by atoms with Gasteiger partial charge in [0.25, 0.3) is 0 Å². The van der Waals surface area contributed by atoms with Crippen LogP contribution in [0.3, 0.4) is 0 Å². The van der Waals surface area contributed by atoms with Gasteiger partial charge in [-0.2, -0.15) is 0 Å². The first-order valence-corrected chi connectivity index (χ1v) is 8.51. The summed E-state index contributed by atoms with van der Waals surface area (Å²) in [7, 11) is 0. The molecule has 0 unspecified atom stereocenters. The van der Waals surface area contributed by atoms with Gasteiger partial charge in [-0.1, -0.05) is 18.2 Å². The van der Waals surface area contributed by atoms with Gasteiger partial charge in [-0.05, 0) is 42.0 Å². The smallest absolute Gasteiger partial charge is 0.156 e. The molecule has 1 aromatic carbocycles. The Morgan fingerprint density at radius 3 is 2.50 bits per heavy atom. The van der Waals surface area contributed by atoms with Crippen molar-refractivity contribution < 1.29 is 4.74 Å². The fraction of sp³-hybridized carbons (Fsp3) is 0.105. The first-order valence-electron chi connectivity index (χ1n) is 8.51. The van der Waals surface area contributed by atoms with Crippen LogP contribution in [0, 0.1) is 0 Å². The van der Waals surface area contributed by atoms with Crippen molar-refractivity contribution in [2.45, 2.75) is 13.2 Å². The van der Waals surface area contributed by atoms with Gasteiger partial charge in [-0.25, -0.2) is 15.9 Å². The molecule has 2 aromatic heterocycles. The Balaban J connectivity index is 1.58. The second-order valence-corrected chi connectivity index (χ2v) is 6.01. The number of aromatic nitrogens is 2. The van der Waals surface area contributed by atoms with Crippen molar-refractivity contribution in [3.8, 4) is 5.75 Å². The molecule has 9 heteroatoms. The van der Waals surface area contributed by atoms with E-state index in [1.807, 2.05) is 42.5 Å². The van der Waals surface area contributed by atoms with Crippen molar-refractivity contribution in [1.29, 1.82) is 0 Å². The number of hydrazone groups is 1. The molecule has 0 aliphatic rings. The number of amidine groups is 1. The normalized spacial score (nSPS) is 11.2. The molecular formula is C19H22N8O. The summed E-state index contributed by atoms with van der Waals surface area (Å²) in [6, 6.07) is 16.5. The summed E-state index contributed by atoms with van der Waals surface area (Å²) < 4.78 is 5.71. The average Bonchev–Trinajstić information content (AvgIpc) is 2.68. The van der Waals surface area contributed by atoms with Gasteiger partial charge in [0.15, 0.2) is 5.84 Å². The van der Waals surface area contributed by atoms with Gasteiger partial charge < -0.3 is 21.9 Å². The number of nitrogen functional groups attached to an aromatic ring is 2. The van der Waals surface area contributed by atoms with E-state index in [1.54, 1.807) is 18.3 Å². The van der Waals surface area contributed by atoms with Crippen LogP contribution >= 0.6 is 0 Å². The SMILES string of the molecule is N/C(=N\N(N)Cc1ccc(OCc2ccccn2)cc1)c1ccc(N)nc1N. The molecule has 9 nitrogen and oxygen atoms in total. The van der Waals surface area contributed by atoms with E-state index in [0.29, 0.717) is 24.5 Å². The van der Waals surface area contributed by atoms with Crippen LogP contribution in [0.5, 0.6) is 5.75 Å². The predicted molar refractivity (Wildman–Crippen MR) is 109 cm³/mol. The van der Waals surface area contributed by atoms with Gasteiger partial charge in [-0.3, -0.25) is 4.98 Å². The zero-order valence-electron chi connectivity index (χ0n) is 15.2. The summed E-state index contributed by atoms with van der Waals surface area (Å²) in [5, 5.41) is 5.37. The maximum absolute atomic E-state index is 5.96. The van der Waals surface area contributed by atoms with E-state index >= 15 is 0 Å². The minimum absolute atomic E-state index is 0.155. The first-order chi connectivity index (χ1) is 13.5. The number of hydrazine groups is 1. The predicted octanol–water partition coefficient (Wildman–Crippen LogP) is 1.22. The maximum Gasteiger partial charge on any atom is 0.156 e. The molecule has 0 amide bonds. The molecular weight excluding hydrogens is 356 g/mol. The highest BCUT2D eigenvalue weighted by Gasteiger charge is 2.08. The lowest BCUT2D eigenvalue weighted by Gasteiger charge is -2.15. The Morgan fingerprint density at radius 1 is 1.04 bits per heavy atom. The zero-order chi connectivity index (χ0) is 19.9. The molecule has 0 atom stereocenters. The van der Waals surface area contributed by atoms with Crippen molar-refractivity contribution in [3.63, 3.8) is 0 Å². The molecule has 0 fully saturated rings. The van der Waals surface area contributed by atoms with Crippen molar-refractivity contribution >= 4 is 17.5 Å². The number of benzene rings is 1. The van der Waals surface area contributed by atoms with E-state index in [-0.39, 0.29) is 11.7 Å². The van der Waals surface area contributed by atoms with E-state index in [0.717, 1.165) is 17.0 Å². The molecule has 0 bridgehead atoms.